The number of aliphatic hydroxyl groups excluding tert-OH is 1. The highest BCUT2D eigenvalue weighted by Gasteiger charge is 2.24. The molecule has 0 aliphatic rings. The molecule has 0 aliphatic heterocycles. The molecule has 0 radical (unpaired) electrons. The molecule has 0 saturated heterocycles. The Morgan fingerprint density at radius 1 is 1.42 bits per heavy atom. The normalized spacial score (nSPS) is 11.2. The van der Waals surface area contributed by atoms with Gasteiger partial charge in [0.15, 0.2) is 0 Å². The van der Waals surface area contributed by atoms with E-state index >= 15 is 0 Å². The summed E-state index contributed by atoms with van der Waals surface area (Å²) in [5.74, 6) is 0. The molecule has 1 aromatic rings. The highest BCUT2D eigenvalue weighted by Crippen LogP contribution is 2.29. The van der Waals surface area contributed by atoms with Gasteiger partial charge in [-0.3, -0.25) is 10.1 Å². The van der Waals surface area contributed by atoms with E-state index in [-0.39, 0.29) is 12.3 Å². The molecular formula is C13H21N3O3. The SMILES string of the molecule is CCNc1cc(N(C)C(C)(C)CO)cc([N+](=O)[O-])c1. The fourth-order valence-electron chi connectivity index (χ4n) is 1.66. The standard InChI is InChI=1S/C13H21N3O3/c1-5-14-10-6-11(8-12(7-10)16(18)19)15(4)13(2,3)9-17/h6-8,14,17H,5,9H2,1-4H3. The quantitative estimate of drug-likeness (QED) is 0.610. The van der Waals surface area contributed by atoms with Crippen molar-refractivity contribution in [2.75, 3.05) is 30.4 Å². The van der Waals surface area contributed by atoms with E-state index in [1.54, 1.807) is 0 Å². The predicted octanol–water partition coefficient (Wildman–Crippen LogP) is 2.23. The first-order chi connectivity index (χ1) is 8.81. The van der Waals surface area contributed by atoms with Crippen molar-refractivity contribution in [3.8, 4) is 0 Å². The smallest absolute Gasteiger partial charge is 0.273 e. The first-order valence-corrected chi connectivity index (χ1v) is 6.20. The number of nitro groups is 1. The Labute approximate surface area is 113 Å². The number of nitrogens with one attached hydrogen (secondary N) is 1. The largest absolute Gasteiger partial charge is 0.394 e. The molecule has 2 N–H and O–H groups in total. The average Bonchev–Trinajstić information content (AvgIpc) is 2.37. The zero-order valence-corrected chi connectivity index (χ0v) is 11.8. The fourth-order valence-corrected chi connectivity index (χ4v) is 1.66. The Bertz CT molecular complexity index is 460. The van der Waals surface area contributed by atoms with Crippen molar-refractivity contribution >= 4 is 17.1 Å². The summed E-state index contributed by atoms with van der Waals surface area (Å²) in [5.41, 5.74) is 0.948. The van der Waals surface area contributed by atoms with Gasteiger partial charge in [-0.2, -0.15) is 0 Å². The van der Waals surface area contributed by atoms with E-state index in [0.29, 0.717) is 17.9 Å². The molecule has 106 valence electrons. The zero-order chi connectivity index (χ0) is 14.6. The molecule has 19 heavy (non-hydrogen) atoms. The van der Waals surface area contributed by atoms with E-state index in [9.17, 15) is 15.2 Å². The molecule has 0 atom stereocenters. The Hall–Kier alpha value is -1.82. The molecule has 0 spiro atoms. The van der Waals surface area contributed by atoms with Crippen molar-refractivity contribution in [3.05, 3.63) is 28.3 Å². The Morgan fingerprint density at radius 3 is 2.53 bits per heavy atom. The van der Waals surface area contributed by atoms with Crippen LogP contribution < -0.4 is 10.2 Å². The van der Waals surface area contributed by atoms with Crippen LogP contribution in [0.4, 0.5) is 17.1 Å². The molecule has 0 heterocycles. The zero-order valence-electron chi connectivity index (χ0n) is 11.8. The highest BCUT2D eigenvalue weighted by molar-refractivity contribution is 5.65. The van der Waals surface area contributed by atoms with Gasteiger partial charge in [-0.05, 0) is 26.8 Å². The topological polar surface area (TPSA) is 78.6 Å². The van der Waals surface area contributed by atoms with Crippen LogP contribution >= 0.6 is 0 Å². The number of likely N-dealkylation sites (N-methyl/N-ethyl adjacent to an activating group) is 1. The average molecular weight is 267 g/mol. The second-order valence-corrected chi connectivity index (χ2v) is 5.06. The molecule has 6 heteroatoms. The molecule has 0 aliphatic carbocycles. The molecule has 1 aromatic carbocycles. The van der Waals surface area contributed by atoms with Crippen LogP contribution in [0.15, 0.2) is 18.2 Å². The summed E-state index contributed by atoms with van der Waals surface area (Å²) in [7, 11) is 1.81. The lowest BCUT2D eigenvalue weighted by Crippen LogP contribution is -2.44. The molecule has 6 nitrogen and oxygen atoms in total. The van der Waals surface area contributed by atoms with E-state index < -0.39 is 10.5 Å². The van der Waals surface area contributed by atoms with Crippen molar-refractivity contribution < 1.29 is 10.0 Å². The number of nitrogens with zero attached hydrogens (tertiary/aromatic N) is 2. The Kier molecular flexibility index (Phi) is 4.72. The number of aliphatic hydroxyl groups is 1. The van der Waals surface area contributed by atoms with E-state index in [2.05, 4.69) is 5.32 Å². The summed E-state index contributed by atoms with van der Waals surface area (Å²) in [6.07, 6.45) is 0. The van der Waals surface area contributed by atoms with Crippen LogP contribution in [0, 0.1) is 10.1 Å². The van der Waals surface area contributed by atoms with Gasteiger partial charge in [0.1, 0.15) is 0 Å². The minimum absolute atomic E-state index is 0.0361. The van der Waals surface area contributed by atoms with Crippen LogP contribution in [0.3, 0.4) is 0 Å². The lowest BCUT2D eigenvalue weighted by molar-refractivity contribution is -0.384. The maximum atomic E-state index is 11.0. The molecule has 0 bridgehead atoms. The predicted molar refractivity (Wildman–Crippen MR) is 76.8 cm³/mol. The van der Waals surface area contributed by atoms with Crippen LogP contribution in [0.1, 0.15) is 20.8 Å². The van der Waals surface area contributed by atoms with Crippen LogP contribution in [-0.2, 0) is 0 Å². The number of hydrogen-bond acceptors (Lipinski definition) is 5. The van der Waals surface area contributed by atoms with E-state index in [1.165, 1.54) is 12.1 Å². The molecule has 0 amide bonds. The lowest BCUT2D eigenvalue weighted by atomic mass is 10.0. The van der Waals surface area contributed by atoms with Crippen LogP contribution in [0.5, 0.6) is 0 Å². The molecular weight excluding hydrogens is 246 g/mol. The van der Waals surface area contributed by atoms with Gasteiger partial charge in [0.05, 0.1) is 17.1 Å². The molecule has 1 rings (SSSR count). The molecule has 0 fully saturated rings. The maximum Gasteiger partial charge on any atom is 0.273 e. The minimum Gasteiger partial charge on any atom is -0.394 e. The monoisotopic (exact) mass is 267 g/mol. The number of hydrogen-bond donors (Lipinski definition) is 2. The second-order valence-electron chi connectivity index (χ2n) is 5.06. The first kappa shape index (κ1) is 15.2. The summed E-state index contributed by atoms with van der Waals surface area (Å²) in [6, 6.07) is 4.86. The van der Waals surface area contributed by atoms with Gasteiger partial charge in [-0.15, -0.1) is 0 Å². The van der Waals surface area contributed by atoms with E-state index in [4.69, 9.17) is 0 Å². The molecule has 0 unspecified atom stereocenters. The summed E-state index contributed by atoms with van der Waals surface area (Å²) >= 11 is 0. The van der Waals surface area contributed by atoms with Crippen molar-refractivity contribution in [2.45, 2.75) is 26.3 Å². The van der Waals surface area contributed by atoms with Gasteiger partial charge in [0, 0.05) is 37.1 Å². The Morgan fingerprint density at radius 2 is 2.05 bits per heavy atom. The van der Waals surface area contributed by atoms with Gasteiger partial charge in [-0.25, -0.2) is 0 Å². The van der Waals surface area contributed by atoms with Gasteiger partial charge >= 0.3 is 0 Å². The van der Waals surface area contributed by atoms with Crippen molar-refractivity contribution in [1.29, 1.82) is 0 Å². The van der Waals surface area contributed by atoms with Gasteiger partial charge in [-0.1, -0.05) is 0 Å². The summed E-state index contributed by atoms with van der Waals surface area (Å²) in [4.78, 5) is 12.4. The van der Waals surface area contributed by atoms with Gasteiger partial charge < -0.3 is 15.3 Å². The number of rotatable bonds is 6. The van der Waals surface area contributed by atoms with Crippen molar-refractivity contribution in [1.82, 2.24) is 0 Å². The summed E-state index contributed by atoms with van der Waals surface area (Å²) < 4.78 is 0. The van der Waals surface area contributed by atoms with Crippen LogP contribution in [0.25, 0.3) is 0 Å². The summed E-state index contributed by atoms with van der Waals surface area (Å²) in [6.45, 7) is 6.33. The lowest BCUT2D eigenvalue weighted by Gasteiger charge is -2.36. The van der Waals surface area contributed by atoms with Crippen LogP contribution in [-0.4, -0.2) is 35.8 Å². The Balaban J connectivity index is 3.22. The third-order valence-corrected chi connectivity index (χ3v) is 3.18. The third-order valence-electron chi connectivity index (χ3n) is 3.18. The number of nitro benzene ring substituents is 1. The molecule has 0 aromatic heterocycles. The highest BCUT2D eigenvalue weighted by atomic mass is 16.6. The summed E-state index contributed by atoms with van der Waals surface area (Å²) in [5, 5.41) is 23.4. The van der Waals surface area contributed by atoms with E-state index in [1.807, 2.05) is 38.8 Å². The van der Waals surface area contributed by atoms with E-state index in [0.717, 1.165) is 0 Å². The number of non-ortho nitro benzene ring substituents is 1. The van der Waals surface area contributed by atoms with Gasteiger partial charge in [0.2, 0.25) is 0 Å². The molecule has 0 saturated carbocycles. The second kappa shape index (κ2) is 5.88. The number of anilines is 2. The first-order valence-electron chi connectivity index (χ1n) is 6.20. The van der Waals surface area contributed by atoms with Crippen molar-refractivity contribution in [2.24, 2.45) is 0 Å². The van der Waals surface area contributed by atoms with Crippen LogP contribution in [0.2, 0.25) is 0 Å². The third kappa shape index (κ3) is 3.57. The van der Waals surface area contributed by atoms with Crippen molar-refractivity contribution in [3.63, 3.8) is 0 Å². The number of benzene rings is 1. The maximum absolute atomic E-state index is 11.0. The fraction of sp³-hybridized carbons (Fsp3) is 0.538. The van der Waals surface area contributed by atoms with Gasteiger partial charge in [0.25, 0.3) is 5.69 Å². The minimum atomic E-state index is -0.487.